The number of nitrogens with zero attached hydrogens (tertiary/aromatic N) is 4. The van der Waals surface area contributed by atoms with E-state index in [4.69, 9.17) is 9.47 Å². The Morgan fingerprint density at radius 3 is 2.44 bits per heavy atom. The lowest BCUT2D eigenvalue weighted by Gasteiger charge is -2.21. The van der Waals surface area contributed by atoms with Gasteiger partial charge in [-0.3, -0.25) is 0 Å². The number of para-hydroxylation sites is 1. The Balaban J connectivity index is 1.48. The van der Waals surface area contributed by atoms with Crippen molar-refractivity contribution in [2.75, 3.05) is 16.8 Å². The van der Waals surface area contributed by atoms with Gasteiger partial charge in [0.15, 0.2) is 0 Å². The molecule has 32 heavy (non-hydrogen) atoms. The van der Waals surface area contributed by atoms with E-state index in [1.807, 2.05) is 61.5 Å². The van der Waals surface area contributed by atoms with Crippen molar-refractivity contribution in [3.63, 3.8) is 0 Å². The summed E-state index contributed by atoms with van der Waals surface area (Å²) < 4.78 is 24.8. The zero-order valence-corrected chi connectivity index (χ0v) is 18.0. The van der Waals surface area contributed by atoms with E-state index in [2.05, 4.69) is 20.3 Å². The number of cyclic esters (lactones) is 1. The van der Waals surface area contributed by atoms with Crippen LogP contribution in [0.4, 0.5) is 21.1 Å². The van der Waals surface area contributed by atoms with Crippen molar-refractivity contribution in [1.82, 2.24) is 15.0 Å². The third-order valence-corrected chi connectivity index (χ3v) is 5.09. The fourth-order valence-electron chi connectivity index (χ4n) is 3.37. The molecule has 1 amide bonds. The van der Waals surface area contributed by atoms with Gasteiger partial charge in [0.05, 0.1) is 6.04 Å². The molecule has 0 saturated carbocycles. The highest BCUT2D eigenvalue weighted by molar-refractivity contribution is 5.88. The summed E-state index contributed by atoms with van der Waals surface area (Å²) in [5.41, 5.74) is 0.987. The van der Waals surface area contributed by atoms with Gasteiger partial charge in [-0.05, 0) is 50.6 Å². The molecule has 3 atom stereocenters. The number of amides is 1. The van der Waals surface area contributed by atoms with E-state index < -0.39 is 18.3 Å². The number of carbonyl (C=O) groups excluding carboxylic acids is 1. The van der Waals surface area contributed by atoms with Crippen LogP contribution in [-0.2, 0) is 4.74 Å². The van der Waals surface area contributed by atoms with Crippen molar-refractivity contribution in [2.45, 2.75) is 39.0 Å². The number of aromatic nitrogens is 3. The molecule has 4 rings (SSSR count). The molecule has 3 aromatic rings. The van der Waals surface area contributed by atoms with E-state index in [1.165, 1.54) is 6.92 Å². The molecule has 1 aliphatic heterocycles. The maximum atomic E-state index is 13.9. The third kappa shape index (κ3) is 4.77. The highest BCUT2D eigenvalue weighted by Crippen LogP contribution is 2.26. The van der Waals surface area contributed by atoms with E-state index in [0.717, 1.165) is 22.0 Å². The van der Waals surface area contributed by atoms with Gasteiger partial charge in [-0.2, -0.15) is 15.0 Å². The topological polar surface area (TPSA) is 89.5 Å². The van der Waals surface area contributed by atoms with E-state index >= 15 is 0 Å². The van der Waals surface area contributed by atoms with Gasteiger partial charge in [-0.15, -0.1) is 0 Å². The first kappa shape index (κ1) is 21.5. The molecule has 1 unspecified atom stereocenters. The van der Waals surface area contributed by atoms with Crippen molar-refractivity contribution in [1.29, 1.82) is 0 Å². The molecule has 166 valence electrons. The lowest BCUT2D eigenvalue weighted by molar-refractivity contribution is 0.174. The Hall–Kier alpha value is -3.75. The summed E-state index contributed by atoms with van der Waals surface area (Å²) in [6.07, 6.45) is -1.96. The Morgan fingerprint density at radius 1 is 1.06 bits per heavy atom. The predicted molar refractivity (Wildman–Crippen MR) is 118 cm³/mol. The van der Waals surface area contributed by atoms with E-state index in [0.29, 0.717) is 5.82 Å². The molecule has 0 spiro atoms. The van der Waals surface area contributed by atoms with Crippen molar-refractivity contribution in [2.24, 2.45) is 0 Å². The number of carbonyl (C=O) groups is 1. The van der Waals surface area contributed by atoms with Gasteiger partial charge in [0, 0.05) is 0 Å². The molecule has 0 bridgehead atoms. The second kappa shape index (κ2) is 9.17. The van der Waals surface area contributed by atoms with Crippen molar-refractivity contribution in [3.05, 3.63) is 66.0 Å². The first-order valence-corrected chi connectivity index (χ1v) is 10.3. The van der Waals surface area contributed by atoms with Gasteiger partial charge in [-0.25, -0.2) is 14.1 Å². The average molecular weight is 437 g/mol. The van der Waals surface area contributed by atoms with E-state index in [9.17, 15) is 9.18 Å². The van der Waals surface area contributed by atoms with Crippen molar-refractivity contribution >= 4 is 18.0 Å². The number of ether oxygens (including phenoxy) is 2. The summed E-state index contributed by atoms with van der Waals surface area (Å²) in [7, 11) is 0. The first-order valence-electron chi connectivity index (χ1n) is 10.3. The van der Waals surface area contributed by atoms with Gasteiger partial charge in [0.25, 0.3) is 0 Å². The molecule has 1 saturated heterocycles. The quantitative estimate of drug-likeness (QED) is 0.566. The summed E-state index contributed by atoms with van der Waals surface area (Å²) in [5.74, 6) is 2.25. The van der Waals surface area contributed by atoms with Crippen LogP contribution in [0.3, 0.4) is 0 Å². The van der Waals surface area contributed by atoms with Crippen LogP contribution >= 0.6 is 0 Å². The SMILES string of the molecule is Cc1nc(N[C@@H](C)c2ccc(Oc3ccccc3)cc2)nc(N2C(=O)OCC2[C@H](C)F)n1. The highest BCUT2D eigenvalue weighted by atomic mass is 19.1. The van der Waals surface area contributed by atoms with Crippen LogP contribution in [0.2, 0.25) is 0 Å². The van der Waals surface area contributed by atoms with Gasteiger partial charge in [0.2, 0.25) is 11.9 Å². The maximum Gasteiger partial charge on any atom is 0.417 e. The highest BCUT2D eigenvalue weighted by Gasteiger charge is 2.40. The molecule has 0 radical (unpaired) electrons. The number of hydrogen-bond donors (Lipinski definition) is 1. The minimum Gasteiger partial charge on any atom is -0.457 e. The largest absolute Gasteiger partial charge is 0.457 e. The Bertz CT molecular complexity index is 1080. The number of halogens is 1. The average Bonchev–Trinajstić information content (AvgIpc) is 3.16. The van der Waals surface area contributed by atoms with Crippen LogP contribution in [0.1, 0.15) is 31.3 Å². The minimum atomic E-state index is -1.29. The molecule has 2 heterocycles. The van der Waals surface area contributed by atoms with Gasteiger partial charge in [-0.1, -0.05) is 30.3 Å². The lowest BCUT2D eigenvalue weighted by atomic mass is 10.1. The first-order chi connectivity index (χ1) is 15.4. The molecule has 9 heteroatoms. The number of nitrogens with one attached hydrogen (secondary N) is 1. The monoisotopic (exact) mass is 437 g/mol. The zero-order valence-electron chi connectivity index (χ0n) is 18.0. The molecule has 8 nitrogen and oxygen atoms in total. The number of hydrogen-bond acceptors (Lipinski definition) is 7. The summed E-state index contributed by atoms with van der Waals surface area (Å²) in [4.78, 5) is 26.1. The lowest BCUT2D eigenvalue weighted by Crippen LogP contribution is -2.40. The van der Waals surface area contributed by atoms with Crippen LogP contribution in [0.5, 0.6) is 11.5 Å². The second-order valence-electron chi connectivity index (χ2n) is 7.55. The molecular weight excluding hydrogens is 413 g/mol. The van der Waals surface area contributed by atoms with Crippen LogP contribution in [0.15, 0.2) is 54.6 Å². The van der Waals surface area contributed by atoms with E-state index in [-0.39, 0.29) is 24.5 Å². The van der Waals surface area contributed by atoms with E-state index in [1.54, 1.807) is 6.92 Å². The predicted octanol–water partition coefficient (Wildman–Crippen LogP) is 4.83. The fraction of sp³-hybridized carbons (Fsp3) is 0.304. The number of aryl methyl sites for hydroxylation is 1. The molecular formula is C23H24FN5O3. The Morgan fingerprint density at radius 2 is 1.75 bits per heavy atom. The van der Waals surface area contributed by atoms with Crippen LogP contribution in [0, 0.1) is 6.92 Å². The summed E-state index contributed by atoms with van der Waals surface area (Å²) >= 11 is 0. The molecule has 1 aliphatic rings. The normalized spacial score (nSPS) is 17.6. The number of anilines is 2. The molecule has 0 aliphatic carbocycles. The number of benzene rings is 2. The van der Waals surface area contributed by atoms with Crippen LogP contribution in [0.25, 0.3) is 0 Å². The fourth-order valence-corrected chi connectivity index (χ4v) is 3.37. The molecule has 1 N–H and O–H groups in total. The molecule has 2 aromatic carbocycles. The van der Waals surface area contributed by atoms with Crippen LogP contribution < -0.4 is 15.0 Å². The summed E-state index contributed by atoms with van der Waals surface area (Å²) in [6.45, 7) is 4.98. The Labute approximate surface area is 185 Å². The van der Waals surface area contributed by atoms with Gasteiger partial charge in [0.1, 0.15) is 36.1 Å². The maximum absolute atomic E-state index is 13.9. The Kier molecular flexibility index (Phi) is 6.16. The summed E-state index contributed by atoms with van der Waals surface area (Å²) in [5, 5.41) is 3.22. The third-order valence-electron chi connectivity index (χ3n) is 5.09. The molecule has 1 aromatic heterocycles. The minimum absolute atomic E-state index is 0.0439. The van der Waals surface area contributed by atoms with Crippen LogP contribution in [-0.4, -0.2) is 39.9 Å². The van der Waals surface area contributed by atoms with Crippen molar-refractivity contribution in [3.8, 4) is 11.5 Å². The standard InChI is InChI=1S/C23H24FN5O3/c1-14(24)20-13-31-23(30)29(20)22-27-16(3)26-21(28-22)25-15(2)17-9-11-19(12-10-17)32-18-7-5-4-6-8-18/h4-12,14-15,20H,13H2,1-3H3,(H,25,26,27,28)/t14-,15-,20?/m0/s1. The van der Waals surface area contributed by atoms with Gasteiger partial charge >= 0.3 is 6.09 Å². The smallest absolute Gasteiger partial charge is 0.417 e. The zero-order chi connectivity index (χ0) is 22.7. The van der Waals surface area contributed by atoms with Crippen molar-refractivity contribution < 1.29 is 18.7 Å². The molecule has 1 fully saturated rings. The van der Waals surface area contributed by atoms with Gasteiger partial charge < -0.3 is 14.8 Å². The number of rotatable bonds is 7. The summed E-state index contributed by atoms with van der Waals surface area (Å²) in [6, 6.07) is 16.3. The number of alkyl halides is 1. The second-order valence-corrected chi connectivity index (χ2v) is 7.55.